The van der Waals surface area contributed by atoms with E-state index in [0.29, 0.717) is 19.6 Å². The molecule has 0 amide bonds. The van der Waals surface area contributed by atoms with Crippen LogP contribution in [0.4, 0.5) is 0 Å². The van der Waals surface area contributed by atoms with Crippen molar-refractivity contribution in [2.75, 3.05) is 20.3 Å². The van der Waals surface area contributed by atoms with E-state index in [4.69, 9.17) is 15.2 Å². The molecular formula is C15H21NO4. The van der Waals surface area contributed by atoms with Gasteiger partial charge in [-0.2, -0.15) is 0 Å². The number of ether oxygens (including phenoxy) is 3. The maximum absolute atomic E-state index is 11.2. The molecule has 20 heavy (non-hydrogen) atoms. The molecular weight excluding hydrogens is 258 g/mol. The van der Waals surface area contributed by atoms with E-state index in [1.54, 1.807) is 0 Å². The predicted octanol–water partition coefficient (Wildman–Crippen LogP) is 2.05. The molecule has 0 radical (unpaired) electrons. The zero-order chi connectivity index (χ0) is 14.5. The molecule has 1 aliphatic rings. The molecule has 0 saturated heterocycles. The lowest BCUT2D eigenvalue weighted by Crippen LogP contribution is -2.18. The second-order valence-electron chi connectivity index (χ2n) is 5.13. The molecule has 2 atom stereocenters. The van der Waals surface area contributed by atoms with E-state index in [2.05, 4.69) is 4.74 Å². The number of methoxy groups -OCH3 is 1. The smallest absolute Gasteiger partial charge is 0.305 e. The number of carbonyl (C=O) groups excluding carboxylic acids is 1. The maximum Gasteiger partial charge on any atom is 0.305 e. The number of esters is 1. The Morgan fingerprint density at radius 1 is 1.35 bits per heavy atom. The van der Waals surface area contributed by atoms with Crippen LogP contribution in [0.5, 0.6) is 11.5 Å². The molecule has 0 spiro atoms. The highest BCUT2D eigenvalue weighted by molar-refractivity contribution is 5.69. The molecule has 1 heterocycles. The fraction of sp³-hybridized carbons (Fsp3) is 0.533. The van der Waals surface area contributed by atoms with Gasteiger partial charge < -0.3 is 19.9 Å². The Hall–Kier alpha value is -1.75. The Bertz CT molecular complexity index is 475. The van der Waals surface area contributed by atoms with E-state index < -0.39 is 0 Å². The van der Waals surface area contributed by atoms with Gasteiger partial charge in [-0.1, -0.05) is 13.0 Å². The van der Waals surface area contributed by atoms with Gasteiger partial charge in [0, 0.05) is 12.5 Å². The van der Waals surface area contributed by atoms with Crippen LogP contribution in [0.3, 0.4) is 0 Å². The number of hydrogen-bond acceptors (Lipinski definition) is 5. The zero-order valence-electron chi connectivity index (χ0n) is 11.9. The molecule has 5 nitrogen and oxygen atoms in total. The Morgan fingerprint density at radius 3 is 2.75 bits per heavy atom. The van der Waals surface area contributed by atoms with Crippen molar-refractivity contribution < 1.29 is 19.0 Å². The lowest BCUT2D eigenvalue weighted by molar-refractivity contribution is -0.141. The van der Waals surface area contributed by atoms with Crippen LogP contribution in [0.1, 0.15) is 31.4 Å². The summed E-state index contributed by atoms with van der Waals surface area (Å²) < 4.78 is 15.7. The molecule has 1 aromatic carbocycles. The first-order valence-electron chi connectivity index (χ1n) is 6.82. The lowest BCUT2D eigenvalue weighted by atomic mass is 9.94. The van der Waals surface area contributed by atoms with Crippen molar-refractivity contribution in [1.82, 2.24) is 0 Å². The molecule has 0 saturated carbocycles. The van der Waals surface area contributed by atoms with E-state index in [0.717, 1.165) is 23.5 Å². The third-order valence-corrected chi connectivity index (χ3v) is 3.39. The number of carbonyl (C=O) groups is 1. The molecule has 5 heteroatoms. The average molecular weight is 279 g/mol. The highest BCUT2D eigenvalue weighted by Crippen LogP contribution is 2.33. The van der Waals surface area contributed by atoms with Gasteiger partial charge in [0.25, 0.3) is 0 Å². The lowest BCUT2D eigenvalue weighted by Gasteiger charge is -2.21. The van der Waals surface area contributed by atoms with Crippen LogP contribution < -0.4 is 15.2 Å². The predicted molar refractivity (Wildman–Crippen MR) is 74.8 cm³/mol. The van der Waals surface area contributed by atoms with E-state index in [9.17, 15) is 4.79 Å². The summed E-state index contributed by atoms with van der Waals surface area (Å²) in [4.78, 5) is 11.2. The van der Waals surface area contributed by atoms with Crippen LogP contribution in [-0.2, 0) is 9.53 Å². The van der Waals surface area contributed by atoms with E-state index in [1.165, 1.54) is 7.11 Å². The highest BCUT2D eigenvalue weighted by atomic mass is 16.6. The third kappa shape index (κ3) is 3.63. The summed E-state index contributed by atoms with van der Waals surface area (Å²) in [7, 11) is 1.40. The Balaban J connectivity index is 1.98. The van der Waals surface area contributed by atoms with Gasteiger partial charge in [-0.25, -0.2) is 0 Å². The van der Waals surface area contributed by atoms with Crippen molar-refractivity contribution in [3.8, 4) is 11.5 Å². The minimum absolute atomic E-state index is 0.134. The first kappa shape index (κ1) is 14.7. The number of fused-ring (bicyclic) bond motifs is 1. The molecule has 0 aliphatic carbocycles. The summed E-state index contributed by atoms with van der Waals surface area (Å²) >= 11 is 0. The second-order valence-corrected chi connectivity index (χ2v) is 5.13. The normalized spacial score (nSPS) is 16.4. The molecule has 1 aliphatic heterocycles. The first-order valence-corrected chi connectivity index (χ1v) is 6.82. The summed E-state index contributed by atoms with van der Waals surface area (Å²) in [5.41, 5.74) is 7.19. The summed E-state index contributed by atoms with van der Waals surface area (Å²) in [5.74, 6) is 1.47. The molecule has 2 unspecified atom stereocenters. The van der Waals surface area contributed by atoms with Crippen LogP contribution in [0.2, 0.25) is 0 Å². The Kier molecular flexibility index (Phi) is 4.84. The minimum atomic E-state index is -0.202. The quantitative estimate of drug-likeness (QED) is 0.835. The van der Waals surface area contributed by atoms with E-state index >= 15 is 0 Å². The fourth-order valence-electron chi connectivity index (χ4n) is 2.31. The van der Waals surface area contributed by atoms with Crippen LogP contribution in [0.25, 0.3) is 0 Å². The van der Waals surface area contributed by atoms with Gasteiger partial charge in [0.05, 0.1) is 7.11 Å². The molecule has 110 valence electrons. The van der Waals surface area contributed by atoms with Crippen molar-refractivity contribution in [3.63, 3.8) is 0 Å². The highest BCUT2D eigenvalue weighted by Gasteiger charge is 2.18. The Morgan fingerprint density at radius 2 is 2.05 bits per heavy atom. The summed E-state index contributed by atoms with van der Waals surface area (Å²) in [6, 6.07) is 5.62. The van der Waals surface area contributed by atoms with Crippen LogP contribution in [0.15, 0.2) is 18.2 Å². The molecule has 0 aromatic heterocycles. The summed E-state index contributed by atoms with van der Waals surface area (Å²) in [5, 5.41) is 0. The topological polar surface area (TPSA) is 70.8 Å². The largest absolute Gasteiger partial charge is 0.486 e. The van der Waals surface area contributed by atoms with Gasteiger partial charge in [0.15, 0.2) is 11.5 Å². The number of benzene rings is 1. The van der Waals surface area contributed by atoms with Gasteiger partial charge in [-0.15, -0.1) is 0 Å². The third-order valence-electron chi connectivity index (χ3n) is 3.39. The van der Waals surface area contributed by atoms with Crippen LogP contribution in [-0.4, -0.2) is 26.3 Å². The summed E-state index contributed by atoms with van der Waals surface area (Å²) in [6.07, 6.45) is 1.10. The monoisotopic (exact) mass is 279 g/mol. The van der Waals surface area contributed by atoms with Gasteiger partial charge in [0.2, 0.25) is 0 Å². The fourth-order valence-corrected chi connectivity index (χ4v) is 2.31. The number of rotatable bonds is 5. The zero-order valence-corrected chi connectivity index (χ0v) is 11.9. The average Bonchev–Trinajstić information content (AvgIpc) is 2.46. The molecule has 0 bridgehead atoms. The van der Waals surface area contributed by atoms with Gasteiger partial charge in [0.1, 0.15) is 13.2 Å². The summed E-state index contributed by atoms with van der Waals surface area (Å²) in [6.45, 7) is 3.13. The number of nitrogens with two attached hydrogens (primary N) is 1. The van der Waals surface area contributed by atoms with Gasteiger partial charge in [-0.3, -0.25) is 4.79 Å². The van der Waals surface area contributed by atoms with Gasteiger partial charge >= 0.3 is 5.97 Å². The van der Waals surface area contributed by atoms with Crippen molar-refractivity contribution in [1.29, 1.82) is 0 Å². The van der Waals surface area contributed by atoms with Crippen molar-refractivity contribution in [2.24, 2.45) is 11.7 Å². The van der Waals surface area contributed by atoms with Crippen molar-refractivity contribution >= 4 is 5.97 Å². The van der Waals surface area contributed by atoms with Crippen LogP contribution >= 0.6 is 0 Å². The van der Waals surface area contributed by atoms with Gasteiger partial charge in [-0.05, 0) is 30.0 Å². The second kappa shape index (κ2) is 6.61. The van der Waals surface area contributed by atoms with E-state index in [1.807, 2.05) is 25.1 Å². The van der Waals surface area contributed by atoms with E-state index in [-0.39, 0.29) is 17.9 Å². The maximum atomic E-state index is 11.2. The molecule has 1 aromatic rings. The van der Waals surface area contributed by atoms with Crippen molar-refractivity contribution in [3.05, 3.63) is 23.8 Å². The Labute approximate surface area is 119 Å². The minimum Gasteiger partial charge on any atom is -0.486 e. The van der Waals surface area contributed by atoms with Crippen LogP contribution in [0, 0.1) is 5.92 Å². The number of hydrogen-bond donors (Lipinski definition) is 1. The standard InChI is InChI=1S/C15H21NO4/c1-10(8-15(17)18-2)7-12(16)11-3-4-13-14(9-11)20-6-5-19-13/h3-4,9-10,12H,5-8,16H2,1-2H3. The molecule has 2 N–H and O–H groups in total. The molecule has 2 rings (SSSR count). The SMILES string of the molecule is COC(=O)CC(C)CC(N)c1ccc2c(c1)OCCO2. The van der Waals surface area contributed by atoms with Crippen molar-refractivity contribution in [2.45, 2.75) is 25.8 Å². The first-order chi connectivity index (χ1) is 9.60. The molecule has 0 fully saturated rings.